The van der Waals surface area contributed by atoms with E-state index >= 15 is 0 Å². The first-order valence-corrected chi connectivity index (χ1v) is 16.1. The first-order chi connectivity index (χ1) is 15.6. The molecule has 0 aliphatic carbocycles. The number of nitrogens with zero attached hydrogens (tertiary/aromatic N) is 5. The summed E-state index contributed by atoms with van der Waals surface area (Å²) in [5.74, 6) is 0. The zero-order valence-electron chi connectivity index (χ0n) is 18.8. The van der Waals surface area contributed by atoms with Crippen molar-refractivity contribution in [2.45, 2.75) is 50.7 Å². The van der Waals surface area contributed by atoms with Crippen molar-refractivity contribution < 1.29 is 33.1 Å². The fourth-order valence-electron chi connectivity index (χ4n) is 2.45. The van der Waals surface area contributed by atoms with E-state index in [1.807, 2.05) is 19.3 Å². The predicted molar refractivity (Wildman–Crippen MR) is 122 cm³/mol. The highest BCUT2D eigenvalue weighted by Gasteiger charge is 2.17. The Kier molecular flexibility index (Phi) is 12.1. The lowest BCUT2D eigenvalue weighted by molar-refractivity contribution is -0.219. The number of rotatable bonds is 17. The number of phosphoric acid groups is 1. The second-order valence-corrected chi connectivity index (χ2v) is 14.5. The van der Waals surface area contributed by atoms with Gasteiger partial charge in [0, 0.05) is 29.5 Å². The van der Waals surface area contributed by atoms with Crippen LogP contribution in [0, 0.1) is 0 Å². The molecule has 186 valence electrons. The number of phosphoric ester groups is 1. The van der Waals surface area contributed by atoms with E-state index in [1.54, 1.807) is 17.1 Å². The quantitative estimate of drug-likeness (QED) is 0.0998. The van der Waals surface area contributed by atoms with Gasteiger partial charge in [-0.05, 0) is 32.4 Å². The van der Waals surface area contributed by atoms with Crippen LogP contribution in [-0.4, -0.2) is 74.8 Å². The maximum atomic E-state index is 10.5. The molecule has 2 aromatic heterocycles. The molecule has 0 bridgehead atoms. The van der Waals surface area contributed by atoms with Crippen LogP contribution in [0.25, 0.3) is 0 Å². The third-order valence-electron chi connectivity index (χ3n) is 4.01. The largest absolute Gasteiger partial charge is 0.756 e. The van der Waals surface area contributed by atoms with Crippen molar-refractivity contribution in [3.63, 3.8) is 0 Å². The van der Waals surface area contributed by atoms with E-state index in [0.717, 1.165) is 11.3 Å². The van der Waals surface area contributed by atoms with Crippen LogP contribution in [-0.2, 0) is 38.1 Å². The highest BCUT2D eigenvalue weighted by Crippen LogP contribution is 2.30. The molecule has 0 fully saturated rings. The first-order valence-electron chi connectivity index (χ1n) is 10.5. The van der Waals surface area contributed by atoms with Crippen LogP contribution in [0.15, 0.2) is 23.7 Å². The van der Waals surface area contributed by atoms with Crippen LogP contribution in [0.3, 0.4) is 0 Å². The van der Waals surface area contributed by atoms with Gasteiger partial charge in [0.1, 0.15) is 0 Å². The molecule has 12 nitrogen and oxygen atoms in total. The average molecular weight is 521 g/mol. The molecule has 0 saturated heterocycles. The van der Waals surface area contributed by atoms with Crippen molar-refractivity contribution in [2.24, 2.45) is 0 Å². The van der Waals surface area contributed by atoms with Gasteiger partial charge in [0.2, 0.25) is 0 Å². The smallest absolute Gasteiger partial charge is 0.265 e. The van der Waals surface area contributed by atoms with Crippen LogP contribution in [0.2, 0.25) is 13.1 Å². The molecule has 0 aliphatic heterocycles. The summed E-state index contributed by atoms with van der Waals surface area (Å²) in [7, 11) is -6.76. The Hall–Kier alpha value is -1.22. The summed E-state index contributed by atoms with van der Waals surface area (Å²) in [4.78, 5) is 37.4. The average Bonchev–Trinajstić information content (AvgIpc) is 3.18. The summed E-state index contributed by atoms with van der Waals surface area (Å²) in [6.45, 7) is 6.02. The summed E-state index contributed by atoms with van der Waals surface area (Å²) in [6, 6.07) is 0. The molecule has 0 aromatic carbocycles. The van der Waals surface area contributed by atoms with Gasteiger partial charge in [-0.2, -0.15) is 0 Å². The molecule has 33 heavy (non-hydrogen) atoms. The fraction of sp³-hybridized carbons (Fsp3) is 0.667. The Bertz CT molecular complexity index is 863. The minimum atomic E-state index is -4.64. The Balaban J connectivity index is 1.49. The SMILES string of the molecule is C[Si](C)(O)CSc1ncc(COCCOCCn2cc(CCCCOP(=O)([O-])O)nn2)cn1. The van der Waals surface area contributed by atoms with E-state index in [0.29, 0.717) is 62.8 Å². The first kappa shape index (κ1) is 28.0. The maximum absolute atomic E-state index is 10.5. The van der Waals surface area contributed by atoms with E-state index in [-0.39, 0.29) is 6.61 Å². The predicted octanol–water partition coefficient (Wildman–Crippen LogP) is 0.930. The zero-order chi connectivity index (χ0) is 24.2. The topological polar surface area (TPSA) is 165 Å². The van der Waals surface area contributed by atoms with Crippen molar-refractivity contribution in [2.75, 3.05) is 31.8 Å². The number of aromatic nitrogens is 5. The number of aryl methyl sites for hydroxylation is 1. The van der Waals surface area contributed by atoms with E-state index in [1.165, 1.54) is 11.8 Å². The van der Waals surface area contributed by atoms with Crippen LogP contribution in [0.4, 0.5) is 0 Å². The second-order valence-electron chi connectivity index (χ2n) is 7.87. The number of unbranched alkanes of at least 4 members (excludes halogenated alkanes) is 1. The standard InChI is InChI=1S/C18H32N5O7PSSi/c1-33(2,27)15-32-18-19-11-16(12-20-18)14-29-10-9-28-8-6-23-13-17(21-22-23)5-3-4-7-30-31(24,25)26/h11-13,27H,3-10,14-15H2,1-2H3,(H2,24,25,26)/p-1. The highest BCUT2D eigenvalue weighted by atomic mass is 32.2. The summed E-state index contributed by atoms with van der Waals surface area (Å²) >= 11 is 1.46. The highest BCUT2D eigenvalue weighted by molar-refractivity contribution is 8.00. The molecule has 0 spiro atoms. The summed E-state index contributed by atoms with van der Waals surface area (Å²) < 4.78 is 27.6. The molecule has 0 amide bonds. The summed E-state index contributed by atoms with van der Waals surface area (Å²) in [6.07, 6.45) is 7.07. The van der Waals surface area contributed by atoms with Gasteiger partial charge < -0.3 is 28.6 Å². The number of hydrogen-bond donors (Lipinski definition) is 2. The molecule has 2 rings (SSSR count). The summed E-state index contributed by atoms with van der Waals surface area (Å²) in [5, 5.41) is 9.39. The Labute approximate surface area is 198 Å². The van der Waals surface area contributed by atoms with Gasteiger partial charge in [-0.1, -0.05) is 17.0 Å². The van der Waals surface area contributed by atoms with Crippen LogP contribution >= 0.6 is 19.6 Å². The van der Waals surface area contributed by atoms with Gasteiger partial charge in [-0.25, -0.2) is 14.6 Å². The lowest BCUT2D eigenvalue weighted by atomic mass is 10.2. The third kappa shape index (κ3) is 13.9. The molecule has 0 saturated carbocycles. The molecule has 1 atom stereocenters. The van der Waals surface area contributed by atoms with Gasteiger partial charge in [-0.3, -0.25) is 4.57 Å². The van der Waals surface area contributed by atoms with E-state index in [4.69, 9.17) is 14.4 Å². The lowest BCUT2D eigenvalue weighted by Crippen LogP contribution is -2.29. The normalized spacial score (nSPS) is 13.8. The monoisotopic (exact) mass is 520 g/mol. The molecule has 2 heterocycles. The molecule has 0 aliphatic rings. The molecular weight excluding hydrogens is 489 g/mol. The minimum absolute atomic E-state index is 0.0525. The van der Waals surface area contributed by atoms with Gasteiger partial charge in [-0.15, -0.1) is 5.10 Å². The maximum Gasteiger partial charge on any atom is 0.265 e. The minimum Gasteiger partial charge on any atom is -0.756 e. The van der Waals surface area contributed by atoms with Gasteiger partial charge in [0.15, 0.2) is 13.5 Å². The van der Waals surface area contributed by atoms with Crippen molar-refractivity contribution in [1.29, 1.82) is 0 Å². The number of hydrogen-bond acceptors (Lipinski definition) is 11. The van der Waals surface area contributed by atoms with E-state index in [9.17, 15) is 14.3 Å². The molecule has 2 N–H and O–H groups in total. The van der Waals surface area contributed by atoms with E-state index < -0.39 is 16.1 Å². The van der Waals surface area contributed by atoms with Crippen LogP contribution in [0.1, 0.15) is 24.1 Å². The number of thioether (sulfide) groups is 1. The second kappa shape index (κ2) is 14.2. The third-order valence-corrected chi connectivity index (χ3v) is 8.39. The van der Waals surface area contributed by atoms with Gasteiger partial charge in [0.05, 0.1) is 45.3 Å². The van der Waals surface area contributed by atoms with Crippen molar-refractivity contribution >= 4 is 27.9 Å². The molecule has 1 unspecified atom stereocenters. The molecular formula is C18H31N5O7PSSi-. The van der Waals surface area contributed by atoms with Crippen LogP contribution < -0.4 is 4.89 Å². The van der Waals surface area contributed by atoms with Crippen molar-refractivity contribution in [1.82, 2.24) is 25.0 Å². The Morgan fingerprint density at radius 2 is 1.88 bits per heavy atom. The molecule has 15 heteroatoms. The van der Waals surface area contributed by atoms with Gasteiger partial charge in [0.25, 0.3) is 7.82 Å². The molecule has 0 radical (unpaired) electrons. The number of ether oxygens (including phenoxy) is 2. The van der Waals surface area contributed by atoms with Crippen molar-refractivity contribution in [3.8, 4) is 0 Å². The zero-order valence-corrected chi connectivity index (χ0v) is 21.5. The fourth-order valence-corrected chi connectivity index (χ4v) is 5.00. The van der Waals surface area contributed by atoms with Gasteiger partial charge >= 0.3 is 0 Å². The van der Waals surface area contributed by atoms with E-state index in [2.05, 4.69) is 24.8 Å². The van der Waals surface area contributed by atoms with Crippen LogP contribution in [0.5, 0.6) is 0 Å². The Morgan fingerprint density at radius 3 is 2.58 bits per heavy atom. The summed E-state index contributed by atoms with van der Waals surface area (Å²) in [5.41, 5.74) is 1.67. The lowest BCUT2D eigenvalue weighted by Gasteiger charge is -2.14. The molecule has 2 aromatic rings. The Morgan fingerprint density at radius 1 is 1.15 bits per heavy atom. The van der Waals surface area contributed by atoms with Crippen molar-refractivity contribution in [3.05, 3.63) is 29.8 Å².